The van der Waals surface area contributed by atoms with Gasteiger partial charge in [-0.2, -0.15) is 0 Å². The van der Waals surface area contributed by atoms with Gasteiger partial charge in [-0.15, -0.1) is 0 Å². The van der Waals surface area contributed by atoms with Crippen LogP contribution in [-0.4, -0.2) is 26.8 Å². The average molecular weight is 287 g/mol. The lowest BCUT2D eigenvalue weighted by Gasteiger charge is -2.17. The van der Waals surface area contributed by atoms with E-state index in [2.05, 4.69) is 5.32 Å². The number of hydrogen-bond donors (Lipinski definition) is 1. The molecule has 1 atom stereocenters. The van der Waals surface area contributed by atoms with E-state index >= 15 is 0 Å². The maximum Gasteiger partial charge on any atom is 0.179 e. The maximum atomic E-state index is 12.8. The van der Waals surface area contributed by atoms with E-state index in [0.29, 0.717) is 0 Å². The lowest BCUT2D eigenvalue weighted by molar-refractivity contribution is 0.499. The SMILES string of the molecule is CCCNC(CCC)CS(=O)(=O)c1ccc(F)cc1. The first-order valence-corrected chi connectivity index (χ1v) is 8.36. The first kappa shape index (κ1) is 16.1. The van der Waals surface area contributed by atoms with Crippen molar-refractivity contribution in [3.05, 3.63) is 30.1 Å². The Bertz CT molecular complexity index is 471. The molecule has 108 valence electrons. The van der Waals surface area contributed by atoms with Gasteiger partial charge < -0.3 is 5.32 Å². The predicted molar refractivity (Wildman–Crippen MR) is 75.4 cm³/mol. The van der Waals surface area contributed by atoms with E-state index in [1.807, 2.05) is 13.8 Å². The molecule has 1 unspecified atom stereocenters. The molecule has 1 rings (SSSR count). The number of sulfone groups is 1. The molecule has 3 nitrogen and oxygen atoms in total. The van der Waals surface area contributed by atoms with Gasteiger partial charge in [-0.1, -0.05) is 20.3 Å². The molecule has 0 spiro atoms. The summed E-state index contributed by atoms with van der Waals surface area (Å²) in [5.74, 6) is -0.361. The van der Waals surface area contributed by atoms with Crippen molar-refractivity contribution in [2.24, 2.45) is 0 Å². The smallest absolute Gasteiger partial charge is 0.179 e. The van der Waals surface area contributed by atoms with Crippen LogP contribution in [-0.2, 0) is 9.84 Å². The van der Waals surface area contributed by atoms with Crippen LogP contribution < -0.4 is 5.32 Å². The Morgan fingerprint density at radius 3 is 2.32 bits per heavy atom. The third-order valence-corrected chi connectivity index (χ3v) is 4.75. The Morgan fingerprint density at radius 2 is 1.79 bits per heavy atom. The first-order chi connectivity index (χ1) is 8.99. The lowest BCUT2D eigenvalue weighted by atomic mass is 10.2. The van der Waals surface area contributed by atoms with Gasteiger partial charge in [0.05, 0.1) is 10.6 Å². The summed E-state index contributed by atoms with van der Waals surface area (Å²) in [6.45, 7) is 4.89. The monoisotopic (exact) mass is 287 g/mol. The molecular formula is C14H22FNO2S. The van der Waals surface area contributed by atoms with Gasteiger partial charge >= 0.3 is 0 Å². The van der Waals surface area contributed by atoms with Crippen LogP contribution in [0.3, 0.4) is 0 Å². The van der Waals surface area contributed by atoms with E-state index in [9.17, 15) is 12.8 Å². The second kappa shape index (κ2) is 7.60. The van der Waals surface area contributed by atoms with Crippen molar-refractivity contribution in [2.45, 2.75) is 44.0 Å². The van der Waals surface area contributed by atoms with Gasteiger partial charge in [-0.05, 0) is 43.7 Å². The summed E-state index contributed by atoms with van der Waals surface area (Å²) in [7, 11) is -3.36. The molecule has 0 bridgehead atoms. The van der Waals surface area contributed by atoms with Crippen LogP contribution in [0.4, 0.5) is 4.39 Å². The fraction of sp³-hybridized carbons (Fsp3) is 0.571. The first-order valence-electron chi connectivity index (χ1n) is 6.71. The molecule has 1 N–H and O–H groups in total. The van der Waals surface area contributed by atoms with Crippen LogP contribution in [0, 0.1) is 5.82 Å². The second-order valence-electron chi connectivity index (χ2n) is 4.68. The largest absolute Gasteiger partial charge is 0.313 e. The zero-order chi connectivity index (χ0) is 14.3. The highest BCUT2D eigenvalue weighted by atomic mass is 32.2. The zero-order valence-electron chi connectivity index (χ0n) is 11.5. The van der Waals surface area contributed by atoms with Crippen molar-refractivity contribution in [3.63, 3.8) is 0 Å². The van der Waals surface area contributed by atoms with Crippen LogP contribution in [0.25, 0.3) is 0 Å². The molecule has 0 amide bonds. The Labute approximate surface area is 115 Å². The molecular weight excluding hydrogens is 265 g/mol. The van der Waals surface area contributed by atoms with Crippen molar-refractivity contribution >= 4 is 9.84 Å². The van der Waals surface area contributed by atoms with Gasteiger partial charge in [0.25, 0.3) is 0 Å². The Morgan fingerprint density at radius 1 is 1.16 bits per heavy atom. The molecule has 0 radical (unpaired) electrons. The Kier molecular flexibility index (Phi) is 6.45. The fourth-order valence-electron chi connectivity index (χ4n) is 1.94. The minimum Gasteiger partial charge on any atom is -0.313 e. The summed E-state index contributed by atoms with van der Waals surface area (Å²) in [5, 5.41) is 3.25. The van der Waals surface area contributed by atoms with Crippen LogP contribution >= 0.6 is 0 Å². The van der Waals surface area contributed by atoms with Crippen LogP contribution in [0.1, 0.15) is 33.1 Å². The summed E-state index contributed by atoms with van der Waals surface area (Å²) in [6, 6.07) is 4.98. The minimum absolute atomic E-state index is 0.0417. The number of benzene rings is 1. The molecule has 0 fully saturated rings. The van der Waals surface area contributed by atoms with E-state index in [4.69, 9.17) is 0 Å². The Hall–Kier alpha value is -0.940. The standard InChI is InChI=1S/C14H22FNO2S/c1-3-5-13(16-10-4-2)11-19(17,18)14-8-6-12(15)7-9-14/h6-9,13,16H,3-5,10-11H2,1-2H3. The highest BCUT2D eigenvalue weighted by molar-refractivity contribution is 7.91. The van der Waals surface area contributed by atoms with Gasteiger partial charge in [0.1, 0.15) is 5.82 Å². The molecule has 0 aromatic heterocycles. The number of halogens is 1. The normalized spacial score (nSPS) is 13.4. The number of hydrogen-bond acceptors (Lipinski definition) is 3. The van der Waals surface area contributed by atoms with E-state index in [1.54, 1.807) is 0 Å². The highest BCUT2D eigenvalue weighted by Gasteiger charge is 2.20. The van der Waals surface area contributed by atoms with Gasteiger partial charge in [-0.3, -0.25) is 0 Å². The molecule has 0 saturated heterocycles. The van der Waals surface area contributed by atoms with Crippen LogP contribution in [0.2, 0.25) is 0 Å². The van der Waals surface area contributed by atoms with Gasteiger partial charge in [-0.25, -0.2) is 12.8 Å². The van der Waals surface area contributed by atoms with Crippen molar-refractivity contribution in [1.29, 1.82) is 0 Å². The summed E-state index contributed by atoms with van der Waals surface area (Å²) in [6.07, 6.45) is 2.72. The van der Waals surface area contributed by atoms with Gasteiger partial charge in [0.2, 0.25) is 0 Å². The predicted octanol–water partition coefficient (Wildman–Crippen LogP) is 2.77. The van der Waals surface area contributed by atoms with Crippen molar-refractivity contribution in [3.8, 4) is 0 Å². The molecule has 0 heterocycles. The molecule has 19 heavy (non-hydrogen) atoms. The van der Waals surface area contributed by atoms with Crippen molar-refractivity contribution < 1.29 is 12.8 Å². The van der Waals surface area contributed by atoms with Crippen molar-refractivity contribution in [2.75, 3.05) is 12.3 Å². The number of rotatable bonds is 8. The zero-order valence-corrected chi connectivity index (χ0v) is 12.3. The average Bonchev–Trinajstić information content (AvgIpc) is 2.36. The van der Waals surface area contributed by atoms with E-state index in [1.165, 1.54) is 24.3 Å². The highest BCUT2D eigenvalue weighted by Crippen LogP contribution is 2.14. The van der Waals surface area contributed by atoms with Crippen LogP contribution in [0.15, 0.2) is 29.2 Å². The van der Waals surface area contributed by atoms with Crippen LogP contribution in [0.5, 0.6) is 0 Å². The molecule has 1 aromatic rings. The summed E-state index contributed by atoms with van der Waals surface area (Å²) in [5.41, 5.74) is 0. The summed E-state index contributed by atoms with van der Waals surface area (Å²) < 4.78 is 37.3. The van der Waals surface area contributed by atoms with Gasteiger partial charge in [0.15, 0.2) is 9.84 Å². The summed E-state index contributed by atoms with van der Waals surface area (Å²) in [4.78, 5) is 0.188. The Balaban J connectivity index is 2.78. The second-order valence-corrected chi connectivity index (χ2v) is 6.71. The number of nitrogens with one attached hydrogen (secondary N) is 1. The van der Waals surface area contributed by atoms with E-state index in [0.717, 1.165) is 25.8 Å². The molecule has 0 aliphatic rings. The maximum absolute atomic E-state index is 12.8. The quantitative estimate of drug-likeness (QED) is 0.748. The summed E-state index contributed by atoms with van der Waals surface area (Å²) >= 11 is 0. The van der Waals surface area contributed by atoms with Gasteiger partial charge in [0, 0.05) is 6.04 Å². The topological polar surface area (TPSA) is 46.2 Å². The third-order valence-electron chi connectivity index (χ3n) is 2.91. The van der Waals surface area contributed by atoms with E-state index in [-0.39, 0.29) is 16.7 Å². The van der Waals surface area contributed by atoms with E-state index < -0.39 is 15.7 Å². The fourth-order valence-corrected chi connectivity index (χ4v) is 3.50. The minimum atomic E-state index is -3.36. The molecule has 0 saturated carbocycles. The lowest BCUT2D eigenvalue weighted by Crippen LogP contribution is -2.36. The molecule has 0 aliphatic heterocycles. The molecule has 5 heteroatoms. The van der Waals surface area contributed by atoms with Crippen molar-refractivity contribution in [1.82, 2.24) is 5.32 Å². The third kappa shape index (κ3) is 5.28. The molecule has 0 aliphatic carbocycles. The molecule has 1 aromatic carbocycles.